The van der Waals surface area contributed by atoms with Crippen LogP contribution in [0.3, 0.4) is 0 Å². The number of carbonyl (C=O) groups is 1. The first-order valence-corrected chi connectivity index (χ1v) is 6.97. The summed E-state index contributed by atoms with van der Waals surface area (Å²) in [5.74, 6) is 0.276. The molecule has 0 aliphatic carbocycles. The predicted molar refractivity (Wildman–Crippen MR) is 83.9 cm³/mol. The number of amides is 1. The average Bonchev–Trinajstić information content (AvgIpc) is 3.12. The Morgan fingerprint density at radius 1 is 1.33 bits per heavy atom. The molecule has 8 heteroatoms. The highest BCUT2D eigenvalue weighted by Crippen LogP contribution is 2.12. The molecule has 0 aromatic carbocycles. The molecule has 0 bridgehead atoms. The van der Waals surface area contributed by atoms with Gasteiger partial charge < -0.3 is 14.7 Å². The van der Waals surface area contributed by atoms with Crippen LogP contribution in [0.5, 0.6) is 0 Å². The van der Waals surface area contributed by atoms with Crippen LogP contribution in [0.25, 0.3) is 0 Å². The number of hydrogen-bond acceptors (Lipinski definition) is 5. The van der Waals surface area contributed by atoms with Gasteiger partial charge in [0.05, 0.1) is 11.7 Å². The third kappa shape index (κ3) is 4.57. The lowest BCUT2D eigenvalue weighted by atomic mass is 10.2. The lowest BCUT2D eigenvalue weighted by Crippen LogP contribution is -2.52. The SMILES string of the molecule is Cl.Cl.O=C(C1CCCN1)N1CCN(Cc2ccon2)CC1. The Morgan fingerprint density at radius 2 is 2.10 bits per heavy atom. The Morgan fingerprint density at radius 3 is 2.67 bits per heavy atom. The van der Waals surface area contributed by atoms with Gasteiger partial charge in [0.25, 0.3) is 0 Å². The second-order valence-electron chi connectivity index (χ2n) is 5.24. The van der Waals surface area contributed by atoms with Crippen molar-refractivity contribution in [3.8, 4) is 0 Å². The van der Waals surface area contributed by atoms with E-state index in [-0.39, 0.29) is 36.8 Å². The summed E-state index contributed by atoms with van der Waals surface area (Å²) in [5, 5.41) is 7.19. The summed E-state index contributed by atoms with van der Waals surface area (Å²) in [6, 6.07) is 1.95. The predicted octanol–water partition coefficient (Wildman–Crippen LogP) is 0.914. The van der Waals surface area contributed by atoms with Crippen LogP contribution in [0.1, 0.15) is 18.5 Å². The summed E-state index contributed by atoms with van der Waals surface area (Å²) >= 11 is 0. The van der Waals surface area contributed by atoms with Crippen molar-refractivity contribution in [2.75, 3.05) is 32.7 Å². The highest BCUT2D eigenvalue weighted by molar-refractivity contribution is 5.85. The Hall–Kier alpha value is -0.820. The molecule has 1 atom stereocenters. The van der Waals surface area contributed by atoms with Gasteiger partial charge in [-0.3, -0.25) is 9.69 Å². The standard InChI is InChI=1S/C13H20N4O2.2ClH/c18-13(12-2-1-4-14-12)17-7-5-16(6-8-17)10-11-3-9-19-15-11;;/h3,9,12,14H,1-2,4-8,10H2;2*1H. The summed E-state index contributed by atoms with van der Waals surface area (Å²) in [7, 11) is 0. The molecule has 1 aromatic rings. The van der Waals surface area contributed by atoms with Gasteiger partial charge in [-0.05, 0) is 19.4 Å². The van der Waals surface area contributed by atoms with E-state index in [9.17, 15) is 4.79 Å². The lowest BCUT2D eigenvalue weighted by molar-refractivity contribution is -0.134. The molecular weight excluding hydrogens is 315 g/mol. The first kappa shape index (κ1) is 18.2. The van der Waals surface area contributed by atoms with Crippen molar-refractivity contribution in [3.63, 3.8) is 0 Å². The van der Waals surface area contributed by atoms with Crippen LogP contribution in [0, 0.1) is 0 Å². The van der Waals surface area contributed by atoms with Crippen LogP contribution in [0.4, 0.5) is 0 Å². The van der Waals surface area contributed by atoms with Crippen molar-refractivity contribution in [1.82, 2.24) is 20.3 Å². The Bertz CT molecular complexity index is 416. The van der Waals surface area contributed by atoms with Crippen molar-refractivity contribution in [2.45, 2.75) is 25.4 Å². The summed E-state index contributed by atoms with van der Waals surface area (Å²) < 4.78 is 4.83. The largest absolute Gasteiger partial charge is 0.364 e. The van der Waals surface area contributed by atoms with Gasteiger partial charge in [0.15, 0.2) is 0 Å². The first-order valence-electron chi connectivity index (χ1n) is 6.97. The number of nitrogens with one attached hydrogen (secondary N) is 1. The molecule has 21 heavy (non-hydrogen) atoms. The fourth-order valence-electron chi connectivity index (χ4n) is 2.79. The van der Waals surface area contributed by atoms with Gasteiger partial charge in [-0.25, -0.2) is 0 Å². The molecule has 6 nitrogen and oxygen atoms in total. The van der Waals surface area contributed by atoms with Gasteiger partial charge in [-0.1, -0.05) is 5.16 Å². The zero-order chi connectivity index (χ0) is 13.1. The molecule has 1 N–H and O–H groups in total. The maximum atomic E-state index is 12.2. The van der Waals surface area contributed by atoms with Crippen molar-refractivity contribution in [2.24, 2.45) is 0 Å². The minimum absolute atomic E-state index is 0. The summed E-state index contributed by atoms with van der Waals surface area (Å²) in [6.45, 7) is 5.23. The molecule has 2 fully saturated rings. The fourth-order valence-corrected chi connectivity index (χ4v) is 2.79. The molecule has 2 aliphatic rings. The molecular formula is C13H22Cl2N4O2. The van der Waals surface area contributed by atoms with Crippen LogP contribution in [0.15, 0.2) is 16.9 Å². The van der Waals surface area contributed by atoms with E-state index in [1.807, 2.05) is 11.0 Å². The molecule has 0 radical (unpaired) electrons. The highest BCUT2D eigenvalue weighted by Gasteiger charge is 2.29. The van der Waals surface area contributed by atoms with Crippen molar-refractivity contribution < 1.29 is 9.32 Å². The van der Waals surface area contributed by atoms with E-state index < -0.39 is 0 Å². The minimum Gasteiger partial charge on any atom is -0.364 e. The maximum absolute atomic E-state index is 12.2. The van der Waals surface area contributed by atoms with Crippen molar-refractivity contribution >= 4 is 30.7 Å². The molecule has 0 spiro atoms. The van der Waals surface area contributed by atoms with E-state index in [1.165, 1.54) is 0 Å². The second kappa shape index (κ2) is 8.58. The van der Waals surface area contributed by atoms with E-state index in [2.05, 4.69) is 15.4 Å². The van der Waals surface area contributed by atoms with Gasteiger partial charge in [-0.15, -0.1) is 24.8 Å². The van der Waals surface area contributed by atoms with Gasteiger partial charge in [0.1, 0.15) is 6.26 Å². The Kier molecular flexibility index (Phi) is 7.45. The Labute approximate surface area is 137 Å². The molecule has 3 heterocycles. The molecule has 2 saturated heterocycles. The zero-order valence-electron chi connectivity index (χ0n) is 11.9. The summed E-state index contributed by atoms with van der Waals surface area (Å²) in [4.78, 5) is 16.5. The third-order valence-corrected chi connectivity index (χ3v) is 3.92. The number of nitrogens with zero attached hydrogens (tertiary/aromatic N) is 3. The number of rotatable bonds is 3. The van der Waals surface area contributed by atoms with Crippen LogP contribution in [-0.4, -0.2) is 59.6 Å². The van der Waals surface area contributed by atoms with E-state index in [0.717, 1.165) is 57.8 Å². The van der Waals surface area contributed by atoms with Crippen LogP contribution < -0.4 is 5.32 Å². The monoisotopic (exact) mass is 336 g/mol. The first-order chi connectivity index (χ1) is 9.33. The second-order valence-corrected chi connectivity index (χ2v) is 5.24. The lowest BCUT2D eigenvalue weighted by Gasteiger charge is -2.35. The summed E-state index contributed by atoms with van der Waals surface area (Å²) in [5.41, 5.74) is 0.956. The van der Waals surface area contributed by atoms with Gasteiger partial charge in [0, 0.05) is 38.8 Å². The molecule has 1 aromatic heterocycles. The minimum atomic E-state index is 0. The van der Waals surface area contributed by atoms with Crippen LogP contribution in [-0.2, 0) is 11.3 Å². The maximum Gasteiger partial charge on any atom is 0.239 e. The van der Waals surface area contributed by atoms with Gasteiger partial charge in [0.2, 0.25) is 5.91 Å². The summed E-state index contributed by atoms with van der Waals surface area (Å²) in [6.07, 6.45) is 3.70. The normalized spacial score (nSPS) is 22.5. The highest BCUT2D eigenvalue weighted by atomic mass is 35.5. The van der Waals surface area contributed by atoms with Crippen LogP contribution in [0.2, 0.25) is 0 Å². The fraction of sp³-hybridized carbons (Fsp3) is 0.692. The quantitative estimate of drug-likeness (QED) is 0.889. The third-order valence-electron chi connectivity index (χ3n) is 3.92. The number of aromatic nitrogens is 1. The molecule has 1 unspecified atom stereocenters. The van der Waals surface area contributed by atoms with Crippen molar-refractivity contribution in [3.05, 3.63) is 18.0 Å². The topological polar surface area (TPSA) is 61.6 Å². The van der Waals surface area contributed by atoms with E-state index >= 15 is 0 Å². The van der Waals surface area contributed by atoms with Gasteiger partial charge in [-0.2, -0.15) is 0 Å². The molecule has 1 amide bonds. The van der Waals surface area contributed by atoms with E-state index in [4.69, 9.17) is 4.52 Å². The van der Waals surface area contributed by atoms with Gasteiger partial charge >= 0.3 is 0 Å². The van der Waals surface area contributed by atoms with E-state index in [1.54, 1.807) is 6.26 Å². The van der Waals surface area contributed by atoms with Crippen molar-refractivity contribution in [1.29, 1.82) is 0 Å². The molecule has 3 rings (SSSR count). The Balaban J connectivity index is 0.00000110. The number of carbonyl (C=O) groups excluding carboxylic acids is 1. The number of hydrogen-bond donors (Lipinski definition) is 1. The molecule has 120 valence electrons. The average molecular weight is 337 g/mol. The molecule has 0 saturated carbocycles. The number of halogens is 2. The van der Waals surface area contributed by atoms with Crippen LogP contribution >= 0.6 is 24.8 Å². The van der Waals surface area contributed by atoms with E-state index in [0.29, 0.717) is 0 Å². The number of piperazine rings is 1. The zero-order valence-corrected chi connectivity index (χ0v) is 13.5. The smallest absolute Gasteiger partial charge is 0.239 e. The molecule has 2 aliphatic heterocycles.